The molecule has 0 atom stereocenters. The van der Waals surface area contributed by atoms with E-state index in [-0.39, 0.29) is 5.82 Å². The monoisotopic (exact) mass is 283 g/mol. The third-order valence-electron chi connectivity index (χ3n) is 3.70. The minimum atomic E-state index is -0.220. The Hall–Kier alpha value is -2.13. The molecule has 108 valence electrons. The smallest absolute Gasteiger partial charge is 0.123 e. The van der Waals surface area contributed by atoms with Crippen LogP contribution in [0.1, 0.15) is 30.4 Å². The predicted octanol–water partition coefficient (Wildman–Crippen LogP) is 4.44. The Kier molecular flexibility index (Phi) is 4.31. The van der Waals surface area contributed by atoms with E-state index in [0.717, 1.165) is 29.7 Å². The van der Waals surface area contributed by atoms with Crippen LogP contribution in [0.5, 0.6) is 0 Å². The zero-order valence-corrected chi connectivity index (χ0v) is 11.8. The van der Waals surface area contributed by atoms with Crippen molar-refractivity contribution < 1.29 is 9.23 Å². The first-order valence-corrected chi connectivity index (χ1v) is 7.22. The zero-order valence-electron chi connectivity index (χ0n) is 11.8. The van der Waals surface area contributed by atoms with Gasteiger partial charge in [-0.15, -0.1) is 0 Å². The van der Waals surface area contributed by atoms with Gasteiger partial charge in [-0.1, -0.05) is 30.3 Å². The predicted molar refractivity (Wildman–Crippen MR) is 81.5 cm³/mol. The first-order valence-electron chi connectivity index (χ1n) is 7.22. The standard InChI is InChI=1S/C18H18FNO/c19-17-11-9-16(10-12-17)18(15-7-4-8-15)20-21-13-14-5-2-1-3-6-14/h1-3,5-6,9-12,20H,4,7-8,13H2. The van der Waals surface area contributed by atoms with Crippen molar-refractivity contribution in [3.05, 3.63) is 77.1 Å². The van der Waals surface area contributed by atoms with Gasteiger partial charge in [0.05, 0.1) is 12.3 Å². The largest absolute Gasteiger partial charge is 0.271 e. The summed E-state index contributed by atoms with van der Waals surface area (Å²) in [7, 11) is 0. The molecule has 3 rings (SSSR count). The molecule has 0 bridgehead atoms. The number of nitrogens with one attached hydrogen (secondary N) is 1. The van der Waals surface area contributed by atoms with Crippen molar-refractivity contribution in [1.29, 1.82) is 0 Å². The average Bonchev–Trinajstić information content (AvgIpc) is 2.46. The molecule has 1 aliphatic rings. The van der Waals surface area contributed by atoms with Gasteiger partial charge in [-0.25, -0.2) is 4.39 Å². The topological polar surface area (TPSA) is 21.3 Å². The molecule has 0 amide bonds. The van der Waals surface area contributed by atoms with Gasteiger partial charge in [0.15, 0.2) is 0 Å². The van der Waals surface area contributed by atoms with Crippen molar-refractivity contribution in [3.63, 3.8) is 0 Å². The molecular formula is C18H18FNO. The molecule has 21 heavy (non-hydrogen) atoms. The van der Waals surface area contributed by atoms with Crippen molar-refractivity contribution in [2.75, 3.05) is 0 Å². The molecule has 0 unspecified atom stereocenters. The third-order valence-corrected chi connectivity index (χ3v) is 3.70. The maximum atomic E-state index is 13.1. The quantitative estimate of drug-likeness (QED) is 0.819. The summed E-state index contributed by atoms with van der Waals surface area (Å²) in [5, 5.41) is 0. The van der Waals surface area contributed by atoms with Crippen LogP contribution in [-0.2, 0) is 11.4 Å². The maximum absolute atomic E-state index is 13.1. The Morgan fingerprint density at radius 1 is 1.00 bits per heavy atom. The molecule has 2 aromatic carbocycles. The minimum Gasteiger partial charge on any atom is -0.271 e. The van der Waals surface area contributed by atoms with Crippen molar-refractivity contribution in [2.45, 2.75) is 25.9 Å². The van der Waals surface area contributed by atoms with Gasteiger partial charge in [0, 0.05) is 5.56 Å². The van der Waals surface area contributed by atoms with E-state index >= 15 is 0 Å². The highest BCUT2D eigenvalue weighted by Crippen LogP contribution is 2.32. The van der Waals surface area contributed by atoms with Gasteiger partial charge in [-0.2, -0.15) is 0 Å². The van der Waals surface area contributed by atoms with Crippen LogP contribution in [0.2, 0.25) is 0 Å². The third kappa shape index (κ3) is 3.50. The first-order chi connectivity index (χ1) is 10.3. The van der Waals surface area contributed by atoms with Gasteiger partial charge in [0.25, 0.3) is 0 Å². The van der Waals surface area contributed by atoms with Crippen LogP contribution in [0.3, 0.4) is 0 Å². The fraction of sp³-hybridized carbons (Fsp3) is 0.222. The Morgan fingerprint density at radius 3 is 2.33 bits per heavy atom. The summed E-state index contributed by atoms with van der Waals surface area (Å²) in [5.74, 6) is -0.220. The van der Waals surface area contributed by atoms with Gasteiger partial charge < -0.3 is 0 Å². The number of benzene rings is 2. The van der Waals surface area contributed by atoms with Gasteiger partial charge in [0.1, 0.15) is 5.82 Å². The van der Waals surface area contributed by atoms with Crippen molar-refractivity contribution >= 4 is 5.70 Å². The lowest BCUT2D eigenvalue weighted by atomic mass is 9.88. The molecule has 2 nitrogen and oxygen atoms in total. The molecule has 0 radical (unpaired) electrons. The fourth-order valence-corrected chi connectivity index (χ4v) is 2.32. The highest BCUT2D eigenvalue weighted by Gasteiger charge is 2.16. The van der Waals surface area contributed by atoms with E-state index in [0.29, 0.717) is 6.61 Å². The van der Waals surface area contributed by atoms with Crippen LogP contribution in [0.15, 0.2) is 60.2 Å². The molecule has 0 aliphatic heterocycles. The van der Waals surface area contributed by atoms with Gasteiger partial charge in [-0.3, -0.25) is 10.3 Å². The van der Waals surface area contributed by atoms with Crippen LogP contribution in [0, 0.1) is 5.82 Å². The van der Waals surface area contributed by atoms with E-state index in [1.54, 1.807) is 12.1 Å². The summed E-state index contributed by atoms with van der Waals surface area (Å²) in [5.41, 5.74) is 7.47. The minimum absolute atomic E-state index is 0.220. The second kappa shape index (κ2) is 6.55. The first kappa shape index (κ1) is 13.8. The summed E-state index contributed by atoms with van der Waals surface area (Å²) < 4.78 is 13.1. The Bertz CT molecular complexity index is 613. The number of halogens is 1. The number of rotatable bonds is 5. The van der Waals surface area contributed by atoms with E-state index in [9.17, 15) is 4.39 Å². The summed E-state index contributed by atoms with van der Waals surface area (Å²) in [6.45, 7) is 0.499. The van der Waals surface area contributed by atoms with Crippen LogP contribution in [-0.4, -0.2) is 0 Å². The van der Waals surface area contributed by atoms with E-state index in [1.807, 2.05) is 30.3 Å². The molecule has 0 spiro atoms. The molecule has 1 aliphatic carbocycles. The van der Waals surface area contributed by atoms with Crippen LogP contribution < -0.4 is 5.48 Å². The molecule has 0 aromatic heterocycles. The van der Waals surface area contributed by atoms with E-state index < -0.39 is 0 Å². The molecular weight excluding hydrogens is 265 g/mol. The summed E-state index contributed by atoms with van der Waals surface area (Å²) in [6, 6.07) is 16.5. The summed E-state index contributed by atoms with van der Waals surface area (Å²) in [6.07, 6.45) is 3.36. The Labute approximate surface area is 124 Å². The highest BCUT2D eigenvalue weighted by molar-refractivity contribution is 5.67. The normalized spacial score (nSPS) is 13.7. The van der Waals surface area contributed by atoms with E-state index in [2.05, 4.69) is 5.48 Å². The number of hydrogen-bond donors (Lipinski definition) is 1. The second-order valence-electron chi connectivity index (χ2n) is 5.22. The number of allylic oxidation sites excluding steroid dienone is 1. The van der Waals surface area contributed by atoms with Gasteiger partial charge >= 0.3 is 0 Å². The summed E-state index contributed by atoms with van der Waals surface area (Å²) >= 11 is 0. The molecule has 0 saturated heterocycles. The lowest BCUT2D eigenvalue weighted by Crippen LogP contribution is -2.17. The van der Waals surface area contributed by atoms with Crippen LogP contribution >= 0.6 is 0 Å². The highest BCUT2D eigenvalue weighted by atomic mass is 19.1. The molecule has 0 heterocycles. The summed E-state index contributed by atoms with van der Waals surface area (Å²) in [4.78, 5) is 5.62. The Balaban J connectivity index is 1.68. The molecule has 1 N–H and O–H groups in total. The lowest BCUT2D eigenvalue weighted by Gasteiger charge is -2.23. The van der Waals surface area contributed by atoms with Crippen LogP contribution in [0.25, 0.3) is 5.70 Å². The maximum Gasteiger partial charge on any atom is 0.123 e. The van der Waals surface area contributed by atoms with Gasteiger partial charge in [0.2, 0.25) is 0 Å². The SMILES string of the molecule is Fc1ccc(C(NOCc2ccccc2)=C2CCC2)cc1. The molecule has 1 fully saturated rings. The van der Waals surface area contributed by atoms with Crippen LogP contribution in [0.4, 0.5) is 4.39 Å². The second-order valence-corrected chi connectivity index (χ2v) is 5.22. The lowest BCUT2D eigenvalue weighted by molar-refractivity contribution is 0.0637. The molecule has 1 saturated carbocycles. The van der Waals surface area contributed by atoms with Gasteiger partial charge in [-0.05, 0) is 54.7 Å². The number of hydrogen-bond acceptors (Lipinski definition) is 2. The average molecular weight is 283 g/mol. The van der Waals surface area contributed by atoms with Crippen molar-refractivity contribution in [2.24, 2.45) is 0 Å². The molecule has 2 aromatic rings. The Morgan fingerprint density at radius 2 is 1.71 bits per heavy atom. The number of hydroxylamine groups is 1. The van der Waals surface area contributed by atoms with E-state index in [4.69, 9.17) is 4.84 Å². The van der Waals surface area contributed by atoms with E-state index in [1.165, 1.54) is 24.1 Å². The van der Waals surface area contributed by atoms with Crippen molar-refractivity contribution in [1.82, 2.24) is 5.48 Å². The zero-order chi connectivity index (χ0) is 14.5. The molecule has 3 heteroatoms. The van der Waals surface area contributed by atoms with Crippen molar-refractivity contribution in [3.8, 4) is 0 Å². The fourth-order valence-electron chi connectivity index (χ4n) is 2.32.